The molecule has 1 heterocycles. The van der Waals surface area contributed by atoms with E-state index in [1.807, 2.05) is 30.3 Å². The maximum atomic E-state index is 8.38. The van der Waals surface area contributed by atoms with Gasteiger partial charge in [-0.2, -0.15) is 5.11 Å². The van der Waals surface area contributed by atoms with Crippen LogP contribution in [0.25, 0.3) is 0 Å². The van der Waals surface area contributed by atoms with Gasteiger partial charge in [0, 0.05) is 6.07 Å². The molecule has 0 aliphatic heterocycles. The molecule has 1 N–H and O–H groups in total. The second-order valence-corrected chi connectivity index (χ2v) is 2.95. The lowest BCUT2D eigenvalue weighted by Crippen LogP contribution is -1.74. The second-order valence-electron chi connectivity index (χ2n) is 2.95. The highest BCUT2D eigenvalue weighted by Gasteiger charge is 2.02. The van der Waals surface area contributed by atoms with E-state index in [4.69, 9.17) is 9.62 Å². The van der Waals surface area contributed by atoms with Crippen LogP contribution in [-0.2, 0) is 0 Å². The van der Waals surface area contributed by atoms with Gasteiger partial charge in [-0.05, 0) is 12.1 Å². The van der Waals surface area contributed by atoms with E-state index in [1.54, 1.807) is 6.07 Å². The lowest BCUT2D eigenvalue weighted by atomic mass is 10.3. The van der Waals surface area contributed by atoms with Crippen LogP contribution in [0.5, 0.6) is 0 Å². The van der Waals surface area contributed by atoms with Crippen LogP contribution < -0.4 is 0 Å². The first-order valence-electron chi connectivity index (χ1n) is 4.62. The van der Waals surface area contributed by atoms with Crippen LogP contribution in [0, 0.1) is 0 Å². The summed E-state index contributed by atoms with van der Waals surface area (Å²) in [5.74, 6) is 0.363. The topological polar surface area (TPSA) is 70.5 Å². The molecule has 2 aromatic rings. The summed E-state index contributed by atoms with van der Waals surface area (Å²) in [4.78, 5) is 0. The van der Waals surface area contributed by atoms with Gasteiger partial charge in [0.15, 0.2) is 5.76 Å². The monoisotopic (exact) mass is 215 g/mol. The molecule has 1 aromatic heterocycles. The SMILES string of the molecule is ON=Cc1occc1N=Nc1ccccc1. The molecule has 5 nitrogen and oxygen atoms in total. The van der Waals surface area contributed by atoms with Crippen LogP contribution in [0.4, 0.5) is 11.4 Å². The van der Waals surface area contributed by atoms with Crippen LogP contribution >= 0.6 is 0 Å². The van der Waals surface area contributed by atoms with Crippen molar-refractivity contribution in [3.05, 3.63) is 48.4 Å². The first kappa shape index (κ1) is 10.1. The molecule has 0 aliphatic carbocycles. The third-order valence-corrected chi connectivity index (χ3v) is 1.88. The molecule has 16 heavy (non-hydrogen) atoms. The van der Waals surface area contributed by atoms with Crippen molar-refractivity contribution in [2.45, 2.75) is 0 Å². The predicted molar refractivity (Wildman–Crippen MR) is 58.7 cm³/mol. The molecule has 0 aliphatic rings. The van der Waals surface area contributed by atoms with E-state index < -0.39 is 0 Å². The summed E-state index contributed by atoms with van der Waals surface area (Å²) in [5, 5.41) is 19.3. The van der Waals surface area contributed by atoms with Crippen molar-refractivity contribution in [2.24, 2.45) is 15.4 Å². The zero-order valence-electron chi connectivity index (χ0n) is 8.32. The average Bonchev–Trinajstić information content (AvgIpc) is 2.76. The van der Waals surface area contributed by atoms with Gasteiger partial charge >= 0.3 is 0 Å². The first-order valence-corrected chi connectivity index (χ1v) is 4.62. The highest BCUT2D eigenvalue weighted by molar-refractivity contribution is 5.82. The number of rotatable bonds is 3. The maximum absolute atomic E-state index is 8.38. The Morgan fingerprint density at radius 3 is 2.62 bits per heavy atom. The van der Waals surface area contributed by atoms with Crippen LogP contribution in [0.2, 0.25) is 0 Å². The number of furan rings is 1. The van der Waals surface area contributed by atoms with Crippen molar-refractivity contribution in [3.63, 3.8) is 0 Å². The summed E-state index contributed by atoms with van der Waals surface area (Å²) in [6, 6.07) is 11.0. The van der Waals surface area contributed by atoms with Gasteiger partial charge in [0.1, 0.15) is 11.9 Å². The van der Waals surface area contributed by atoms with Gasteiger partial charge in [0.2, 0.25) is 0 Å². The fraction of sp³-hybridized carbons (Fsp3) is 0. The third kappa shape index (κ3) is 2.33. The Labute approximate surface area is 91.7 Å². The molecule has 0 amide bonds. The number of azo groups is 1. The summed E-state index contributed by atoms with van der Waals surface area (Å²) in [5.41, 5.74) is 1.26. The van der Waals surface area contributed by atoms with Crippen molar-refractivity contribution in [3.8, 4) is 0 Å². The lowest BCUT2D eigenvalue weighted by Gasteiger charge is -1.90. The van der Waals surface area contributed by atoms with Crippen LogP contribution in [0.1, 0.15) is 5.76 Å². The van der Waals surface area contributed by atoms with Gasteiger partial charge < -0.3 is 9.62 Å². The van der Waals surface area contributed by atoms with Crippen molar-refractivity contribution < 1.29 is 9.62 Å². The smallest absolute Gasteiger partial charge is 0.175 e. The molecule has 0 fully saturated rings. The molecule has 0 unspecified atom stereocenters. The number of benzene rings is 1. The summed E-state index contributed by atoms with van der Waals surface area (Å²) in [6.07, 6.45) is 2.62. The Hall–Kier alpha value is -2.43. The molecule has 0 bridgehead atoms. The molecular weight excluding hydrogens is 206 g/mol. The highest BCUT2D eigenvalue weighted by Crippen LogP contribution is 2.21. The van der Waals surface area contributed by atoms with Gasteiger partial charge in [-0.3, -0.25) is 0 Å². The van der Waals surface area contributed by atoms with Crippen LogP contribution in [0.3, 0.4) is 0 Å². The maximum Gasteiger partial charge on any atom is 0.175 e. The summed E-state index contributed by atoms with van der Waals surface area (Å²) in [6.45, 7) is 0. The largest absolute Gasteiger partial charge is 0.461 e. The molecule has 0 radical (unpaired) electrons. The Morgan fingerprint density at radius 2 is 1.88 bits per heavy atom. The van der Waals surface area contributed by atoms with E-state index in [9.17, 15) is 0 Å². The number of nitrogens with zero attached hydrogens (tertiary/aromatic N) is 3. The van der Waals surface area contributed by atoms with E-state index in [0.717, 1.165) is 5.69 Å². The normalized spacial score (nSPS) is 11.5. The van der Waals surface area contributed by atoms with Crippen molar-refractivity contribution in [1.29, 1.82) is 0 Å². The van der Waals surface area contributed by atoms with E-state index in [0.29, 0.717) is 11.4 Å². The number of oxime groups is 1. The number of hydrogen-bond donors (Lipinski definition) is 1. The summed E-state index contributed by atoms with van der Waals surface area (Å²) < 4.78 is 5.03. The molecule has 80 valence electrons. The summed E-state index contributed by atoms with van der Waals surface area (Å²) in [7, 11) is 0. The van der Waals surface area contributed by atoms with Gasteiger partial charge in [-0.25, -0.2) is 0 Å². The minimum Gasteiger partial charge on any atom is -0.461 e. The Kier molecular flexibility index (Phi) is 3.08. The standard InChI is InChI=1S/C11H9N3O2/c15-12-8-11-10(6-7-16-11)14-13-9-4-2-1-3-5-9/h1-8,15H. The molecule has 1 aromatic carbocycles. The highest BCUT2D eigenvalue weighted by atomic mass is 16.4. The second kappa shape index (κ2) is 4.88. The van der Waals surface area contributed by atoms with Gasteiger partial charge in [0.25, 0.3) is 0 Å². The van der Waals surface area contributed by atoms with Crippen molar-refractivity contribution in [1.82, 2.24) is 0 Å². The van der Waals surface area contributed by atoms with Gasteiger partial charge in [-0.15, -0.1) is 5.11 Å². The number of hydrogen-bond acceptors (Lipinski definition) is 5. The molecule has 5 heteroatoms. The molecule has 0 atom stereocenters. The zero-order chi connectivity index (χ0) is 11.2. The molecule has 0 spiro atoms. The molecular formula is C11H9N3O2. The van der Waals surface area contributed by atoms with Gasteiger partial charge in [0.05, 0.1) is 12.0 Å². The third-order valence-electron chi connectivity index (χ3n) is 1.88. The Morgan fingerprint density at radius 1 is 1.06 bits per heavy atom. The predicted octanol–water partition coefficient (Wildman–Crippen LogP) is 3.50. The Balaban J connectivity index is 2.21. The Bertz CT molecular complexity index is 503. The van der Waals surface area contributed by atoms with Crippen LogP contribution in [-0.4, -0.2) is 11.4 Å². The van der Waals surface area contributed by atoms with E-state index in [-0.39, 0.29) is 0 Å². The lowest BCUT2D eigenvalue weighted by molar-refractivity contribution is 0.320. The molecule has 2 rings (SSSR count). The summed E-state index contributed by atoms with van der Waals surface area (Å²) >= 11 is 0. The minimum absolute atomic E-state index is 0.363. The van der Waals surface area contributed by atoms with Crippen molar-refractivity contribution in [2.75, 3.05) is 0 Å². The quantitative estimate of drug-likeness (QED) is 0.368. The van der Waals surface area contributed by atoms with E-state index >= 15 is 0 Å². The fourth-order valence-electron chi connectivity index (χ4n) is 1.15. The zero-order valence-corrected chi connectivity index (χ0v) is 8.32. The molecule has 0 saturated heterocycles. The fourth-order valence-corrected chi connectivity index (χ4v) is 1.15. The molecule has 0 saturated carbocycles. The van der Waals surface area contributed by atoms with E-state index in [2.05, 4.69) is 15.4 Å². The average molecular weight is 215 g/mol. The first-order chi connectivity index (χ1) is 7.90. The minimum atomic E-state index is 0.363. The van der Waals surface area contributed by atoms with Gasteiger partial charge in [-0.1, -0.05) is 23.4 Å². The van der Waals surface area contributed by atoms with E-state index in [1.165, 1.54) is 12.5 Å². The van der Waals surface area contributed by atoms with Crippen molar-refractivity contribution >= 4 is 17.6 Å². The van der Waals surface area contributed by atoms with Crippen LogP contribution in [0.15, 0.2) is 62.5 Å².